The zero-order chi connectivity index (χ0) is 16.2. The lowest BCUT2D eigenvalue weighted by Crippen LogP contribution is -2.27. The summed E-state index contributed by atoms with van der Waals surface area (Å²) in [4.78, 5) is 16.8. The maximum Gasteiger partial charge on any atom is 0.240 e. The van der Waals surface area contributed by atoms with E-state index in [0.29, 0.717) is 6.54 Å². The van der Waals surface area contributed by atoms with Crippen molar-refractivity contribution < 1.29 is 4.79 Å². The van der Waals surface area contributed by atoms with Crippen LogP contribution in [0.25, 0.3) is 22.4 Å². The molecular weight excluding hydrogens is 354 g/mol. The Balaban J connectivity index is 2.08. The lowest BCUT2D eigenvalue weighted by Gasteiger charge is -2.09. The van der Waals surface area contributed by atoms with Gasteiger partial charge in [-0.1, -0.05) is 46.3 Å². The van der Waals surface area contributed by atoms with Gasteiger partial charge in [0.25, 0.3) is 0 Å². The van der Waals surface area contributed by atoms with Crippen molar-refractivity contribution in [2.45, 2.75) is 6.54 Å². The molecule has 0 atom stereocenters. The molecule has 0 aliphatic rings. The number of benzene rings is 2. The zero-order valence-electron chi connectivity index (χ0n) is 12.5. The molecule has 0 radical (unpaired) electrons. The van der Waals surface area contributed by atoms with Gasteiger partial charge >= 0.3 is 0 Å². The molecule has 1 aromatic heterocycles. The smallest absolute Gasteiger partial charge is 0.240 e. The monoisotopic (exact) mass is 369 g/mol. The molecule has 23 heavy (non-hydrogen) atoms. The molecule has 0 fully saturated rings. The first-order valence-electron chi connectivity index (χ1n) is 7.28. The van der Waals surface area contributed by atoms with Gasteiger partial charge in [0.2, 0.25) is 5.91 Å². The highest BCUT2D eigenvalue weighted by Crippen LogP contribution is 2.26. The number of imidazole rings is 1. The first-order valence-corrected chi connectivity index (χ1v) is 8.07. The average molecular weight is 370 g/mol. The van der Waals surface area contributed by atoms with E-state index < -0.39 is 0 Å². The van der Waals surface area contributed by atoms with Crippen LogP contribution in [0.15, 0.2) is 65.7 Å². The van der Waals surface area contributed by atoms with Gasteiger partial charge in [-0.3, -0.25) is 4.79 Å². The van der Waals surface area contributed by atoms with Gasteiger partial charge in [0.15, 0.2) is 0 Å². The predicted octanol–water partition coefficient (Wildman–Crippen LogP) is 3.77. The molecular formula is C18H16BrN3O. The van der Waals surface area contributed by atoms with E-state index in [1.54, 1.807) is 6.08 Å². The summed E-state index contributed by atoms with van der Waals surface area (Å²) in [6.07, 6.45) is 1.67. The van der Waals surface area contributed by atoms with E-state index in [0.717, 1.165) is 26.9 Å². The summed E-state index contributed by atoms with van der Waals surface area (Å²) < 4.78 is 2.92. The number of para-hydroxylation sites is 2. The van der Waals surface area contributed by atoms with Crippen LogP contribution in [-0.2, 0) is 11.3 Å². The van der Waals surface area contributed by atoms with Crippen LogP contribution in [-0.4, -0.2) is 22.0 Å². The highest BCUT2D eigenvalue weighted by molar-refractivity contribution is 9.10. The van der Waals surface area contributed by atoms with E-state index in [1.807, 2.05) is 53.1 Å². The minimum absolute atomic E-state index is 0.0655. The summed E-state index contributed by atoms with van der Waals surface area (Å²) in [7, 11) is 0. The average Bonchev–Trinajstić information content (AvgIpc) is 2.92. The van der Waals surface area contributed by atoms with Crippen LogP contribution in [0, 0.1) is 0 Å². The van der Waals surface area contributed by atoms with Crippen molar-refractivity contribution in [2.24, 2.45) is 0 Å². The minimum atomic E-state index is -0.0655. The van der Waals surface area contributed by atoms with Crippen LogP contribution in [0.5, 0.6) is 0 Å². The summed E-state index contributed by atoms with van der Waals surface area (Å²) in [6, 6.07) is 15.7. The van der Waals surface area contributed by atoms with Gasteiger partial charge in [-0.05, 0) is 24.3 Å². The van der Waals surface area contributed by atoms with Gasteiger partial charge in [0.05, 0.1) is 11.0 Å². The summed E-state index contributed by atoms with van der Waals surface area (Å²) >= 11 is 3.49. The number of hydrogen-bond donors (Lipinski definition) is 1. The molecule has 0 saturated heterocycles. The molecule has 116 valence electrons. The molecule has 0 aliphatic heterocycles. The van der Waals surface area contributed by atoms with Crippen LogP contribution in [0.4, 0.5) is 0 Å². The highest BCUT2D eigenvalue weighted by Gasteiger charge is 2.14. The van der Waals surface area contributed by atoms with Gasteiger partial charge in [-0.25, -0.2) is 4.98 Å². The fourth-order valence-electron chi connectivity index (χ4n) is 2.47. The van der Waals surface area contributed by atoms with Gasteiger partial charge in [-0.15, -0.1) is 6.58 Å². The topological polar surface area (TPSA) is 46.9 Å². The fraction of sp³-hybridized carbons (Fsp3) is 0.111. The van der Waals surface area contributed by atoms with Crippen LogP contribution >= 0.6 is 15.9 Å². The Kier molecular flexibility index (Phi) is 4.57. The Morgan fingerprint density at radius 3 is 2.87 bits per heavy atom. The molecule has 2 aromatic carbocycles. The summed E-state index contributed by atoms with van der Waals surface area (Å²) in [5, 5.41) is 2.81. The number of aromatic nitrogens is 2. The third-order valence-corrected chi connectivity index (χ3v) is 3.98. The number of carbonyl (C=O) groups is 1. The van der Waals surface area contributed by atoms with E-state index in [4.69, 9.17) is 4.98 Å². The first-order chi connectivity index (χ1) is 11.2. The summed E-state index contributed by atoms with van der Waals surface area (Å²) in [5.41, 5.74) is 2.78. The third kappa shape index (κ3) is 3.35. The van der Waals surface area contributed by atoms with Crippen molar-refractivity contribution in [3.8, 4) is 11.4 Å². The van der Waals surface area contributed by atoms with Crippen molar-refractivity contribution in [1.82, 2.24) is 14.9 Å². The number of nitrogens with zero attached hydrogens (tertiary/aromatic N) is 2. The molecule has 5 heteroatoms. The van der Waals surface area contributed by atoms with Crippen molar-refractivity contribution in [3.05, 3.63) is 65.7 Å². The second-order valence-corrected chi connectivity index (χ2v) is 6.03. The molecule has 0 spiro atoms. The predicted molar refractivity (Wildman–Crippen MR) is 96.1 cm³/mol. The molecule has 1 heterocycles. The Labute approximate surface area is 143 Å². The van der Waals surface area contributed by atoms with Crippen molar-refractivity contribution in [3.63, 3.8) is 0 Å². The second-order valence-electron chi connectivity index (χ2n) is 5.11. The molecule has 4 nitrogen and oxygen atoms in total. The normalized spacial score (nSPS) is 10.7. The van der Waals surface area contributed by atoms with Crippen LogP contribution < -0.4 is 5.32 Å². The van der Waals surface area contributed by atoms with Gasteiger partial charge in [-0.2, -0.15) is 0 Å². The molecule has 0 saturated carbocycles. The minimum Gasteiger partial charge on any atom is -0.351 e. The highest BCUT2D eigenvalue weighted by atomic mass is 79.9. The number of hydrogen-bond acceptors (Lipinski definition) is 2. The molecule has 1 N–H and O–H groups in total. The zero-order valence-corrected chi connectivity index (χ0v) is 14.1. The third-order valence-electron chi connectivity index (χ3n) is 3.48. The maximum absolute atomic E-state index is 12.1. The number of carbonyl (C=O) groups excluding carboxylic acids is 1. The van der Waals surface area contributed by atoms with Gasteiger partial charge in [0, 0.05) is 16.6 Å². The number of halogens is 1. The van der Waals surface area contributed by atoms with E-state index in [2.05, 4.69) is 27.8 Å². The standard InChI is InChI=1S/C18H16BrN3O/c1-2-10-20-17(23)12-22-16-9-4-3-8-15(16)21-18(22)13-6-5-7-14(19)11-13/h2-9,11H,1,10,12H2,(H,20,23). The van der Waals surface area contributed by atoms with E-state index in [1.165, 1.54) is 0 Å². The fourth-order valence-corrected chi connectivity index (χ4v) is 2.87. The van der Waals surface area contributed by atoms with Crippen LogP contribution in [0.3, 0.4) is 0 Å². The first kappa shape index (κ1) is 15.5. The SMILES string of the molecule is C=CCNC(=O)Cn1c(-c2cccc(Br)c2)nc2ccccc21. The Morgan fingerprint density at radius 1 is 1.26 bits per heavy atom. The second kappa shape index (κ2) is 6.79. The molecule has 3 aromatic rings. The Bertz CT molecular complexity index is 870. The number of fused-ring (bicyclic) bond motifs is 1. The largest absolute Gasteiger partial charge is 0.351 e. The lowest BCUT2D eigenvalue weighted by molar-refractivity contribution is -0.121. The maximum atomic E-state index is 12.1. The Morgan fingerprint density at radius 2 is 2.09 bits per heavy atom. The molecule has 3 rings (SSSR count). The number of rotatable bonds is 5. The Hall–Kier alpha value is -2.40. The van der Waals surface area contributed by atoms with Crippen molar-refractivity contribution >= 4 is 32.9 Å². The molecule has 1 amide bonds. The van der Waals surface area contributed by atoms with Crippen LogP contribution in [0.2, 0.25) is 0 Å². The quantitative estimate of drug-likeness (QED) is 0.695. The number of amides is 1. The van der Waals surface area contributed by atoms with Gasteiger partial charge < -0.3 is 9.88 Å². The lowest BCUT2D eigenvalue weighted by atomic mass is 10.2. The van der Waals surface area contributed by atoms with Crippen molar-refractivity contribution in [2.75, 3.05) is 6.54 Å². The molecule has 0 unspecified atom stereocenters. The molecule has 0 bridgehead atoms. The van der Waals surface area contributed by atoms with Crippen LogP contribution in [0.1, 0.15) is 0 Å². The molecule has 0 aliphatic carbocycles. The van der Waals surface area contributed by atoms with Crippen molar-refractivity contribution in [1.29, 1.82) is 0 Å². The van der Waals surface area contributed by atoms with E-state index >= 15 is 0 Å². The van der Waals surface area contributed by atoms with E-state index in [-0.39, 0.29) is 12.5 Å². The number of nitrogens with one attached hydrogen (secondary N) is 1. The van der Waals surface area contributed by atoms with Gasteiger partial charge in [0.1, 0.15) is 12.4 Å². The summed E-state index contributed by atoms with van der Waals surface area (Å²) in [5.74, 6) is 0.713. The summed E-state index contributed by atoms with van der Waals surface area (Å²) in [6.45, 7) is 4.29. The van der Waals surface area contributed by atoms with E-state index in [9.17, 15) is 4.79 Å².